The molecule has 2 aliphatic rings. The molecule has 2 rings (SSSR count). The molecule has 0 aromatic carbocycles. The van der Waals surface area contributed by atoms with Gasteiger partial charge in [0.15, 0.2) is 0 Å². The number of carboxylic acids is 1. The molecule has 0 aromatic rings. The molecule has 2 unspecified atom stereocenters. The third kappa shape index (κ3) is 5.11. The molecule has 2 saturated carbocycles. The number of hydrogen-bond acceptors (Lipinski definition) is 3. The van der Waals surface area contributed by atoms with E-state index >= 15 is 0 Å². The van der Waals surface area contributed by atoms with Gasteiger partial charge in [0, 0.05) is 32.1 Å². The van der Waals surface area contributed by atoms with Crippen molar-refractivity contribution in [2.75, 3.05) is 14.1 Å². The van der Waals surface area contributed by atoms with Gasteiger partial charge < -0.3 is 20.6 Å². The molecule has 2 atom stereocenters. The van der Waals surface area contributed by atoms with E-state index < -0.39 is 5.97 Å². The second-order valence-corrected chi connectivity index (χ2v) is 7.30. The van der Waals surface area contributed by atoms with Crippen LogP contribution in [0.4, 0.5) is 4.79 Å². The summed E-state index contributed by atoms with van der Waals surface area (Å²) in [6.45, 7) is 0. The smallest absolute Gasteiger partial charge is 0.315 e. The Morgan fingerprint density at radius 1 is 0.875 bits per heavy atom. The van der Waals surface area contributed by atoms with Gasteiger partial charge in [-0.3, -0.25) is 9.59 Å². The summed E-state index contributed by atoms with van der Waals surface area (Å²) in [6.07, 6.45) is 6.06. The van der Waals surface area contributed by atoms with Crippen LogP contribution in [0.15, 0.2) is 0 Å². The summed E-state index contributed by atoms with van der Waals surface area (Å²) in [7, 11) is 3.53. The molecule has 136 valence electrons. The maximum absolute atomic E-state index is 12.2. The highest BCUT2D eigenvalue weighted by Crippen LogP contribution is 2.26. The predicted molar refractivity (Wildman–Crippen MR) is 89.5 cm³/mol. The van der Waals surface area contributed by atoms with Gasteiger partial charge in [-0.25, -0.2) is 4.79 Å². The number of hydrogen-bond donors (Lipinski definition) is 3. The van der Waals surface area contributed by atoms with Crippen LogP contribution in [-0.2, 0) is 9.59 Å². The minimum atomic E-state index is -0.739. The molecule has 0 heterocycles. The molecule has 0 saturated heterocycles. The zero-order valence-electron chi connectivity index (χ0n) is 14.6. The van der Waals surface area contributed by atoms with Crippen LogP contribution in [0.3, 0.4) is 0 Å². The Labute approximate surface area is 143 Å². The highest BCUT2D eigenvalue weighted by molar-refractivity contribution is 5.79. The Hall–Kier alpha value is -1.79. The fourth-order valence-electron chi connectivity index (χ4n) is 3.81. The van der Waals surface area contributed by atoms with Crippen LogP contribution in [-0.4, -0.2) is 54.1 Å². The summed E-state index contributed by atoms with van der Waals surface area (Å²) in [5.41, 5.74) is 0. The first-order valence-corrected chi connectivity index (χ1v) is 8.87. The van der Waals surface area contributed by atoms with Crippen LogP contribution in [0, 0.1) is 11.8 Å². The highest BCUT2D eigenvalue weighted by atomic mass is 16.4. The van der Waals surface area contributed by atoms with Gasteiger partial charge in [0.2, 0.25) is 5.91 Å². The average Bonchev–Trinajstić information content (AvgIpc) is 2.54. The zero-order chi connectivity index (χ0) is 17.7. The fraction of sp³-hybridized carbons (Fsp3) is 0.824. The molecule has 0 aliphatic heterocycles. The Kier molecular flexibility index (Phi) is 6.45. The van der Waals surface area contributed by atoms with Crippen LogP contribution in [0.25, 0.3) is 0 Å². The number of amides is 3. The Bertz CT molecular complexity index is 472. The summed E-state index contributed by atoms with van der Waals surface area (Å²) in [5.74, 6) is -0.891. The van der Waals surface area contributed by atoms with E-state index in [4.69, 9.17) is 5.11 Å². The van der Waals surface area contributed by atoms with Gasteiger partial charge in [0.05, 0.1) is 5.92 Å². The van der Waals surface area contributed by atoms with Gasteiger partial charge in [-0.15, -0.1) is 0 Å². The quantitative estimate of drug-likeness (QED) is 0.724. The van der Waals surface area contributed by atoms with Gasteiger partial charge >= 0.3 is 12.0 Å². The van der Waals surface area contributed by atoms with Gasteiger partial charge in [0.1, 0.15) is 0 Å². The largest absolute Gasteiger partial charge is 0.481 e. The standard InChI is InChI=1S/C17H29N3O4/c1-20(2)15(21)12-4-3-5-14(10-12)19-17(24)18-13-8-6-11(7-9-13)16(22)23/h11-14H,3-10H2,1-2H3,(H,22,23)(H2,18,19,24). The lowest BCUT2D eigenvalue weighted by Crippen LogP contribution is -2.49. The summed E-state index contributed by atoms with van der Waals surface area (Å²) in [5, 5.41) is 14.9. The monoisotopic (exact) mass is 339 g/mol. The van der Waals surface area contributed by atoms with Gasteiger partial charge in [-0.2, -0.15) is 0 Å². The lowest BCUT2D eigenvalue weighted by Gasteiger charge is -2.32. The minimum absolute atomic E-state index is 0.00921. The molecule has 3 amide bonds. The average molecular weight is 339 g/mol. The van der Waals surface area contributed by atoms with E-state index in [1.54, 1.807) is 19.0 Å². The van der Waals surface area contributed by atoms with Crippen molar-refractivity contribution in [2.45, 2.75) is 63.5 Å². The van der Waals surface area contributed by atoms with E-state index in [2.05, 4.69) is 10.6 Å². The van der Waals surface area contributed by atoms with E-state index in [0.29, 0.717) is 32.1 Å². The van der Waals surface area contributed by atoms with Crippen molar-refractivity contribution < 1.29 is 19.5 Å². The number of aliphatic carboxylic acids is 1. The third-order valence-electron chi connectivity index (χ3n) is 5.21. The maximum atomic E-state index is 12.2. The Balaban J connectivity index is 1.74. The van der Waals surface area contributed by atoms with Crippen LogP contribution in [0.1, 0.15) is 51.4 Å². The summed E-state index contributed by atoms with van der Waals surface area (Å²) >= 11 is 0. The Morgan fingerprint density at radius 3 is 2.08 bits per heavy atom. The molecule has 24 heavy (non-hydrogen) atoms. The number of carbonyl (C=O) groups is 3. The zero-order valence-corrected chi connectivity index (χ0v) is 14.6. The SMILES string of the molecule is CN(C)C(=O)C1CCCC(NC(=O)NC2CCC(C(=O)O)CC2)C1. The number of carboxylic acid groups (broad SMARTS) is 1. The molecular formula is C17H29N3O4. The van der Waals surface area contributed by atoms with E-state index in [-0.39, 0.29) is 35.9 Å². The maximum Gasteiger partial charge on any atom is 0.315 e. The molecule has 0 spiro atoms. The summed E-state index contributed by atoms with van der Waals surface area (Å²) in [6, 6.07) is -0.122. The van der Waals surface area contributed by atoms with Crippen LogP contribution in [0.2, 0.25) is 0 Å². The third-order valence-corrected chi connectivity index (χ3v) is 5.21. The number of rotatable bonds is 4. The molecular weight excluding hydrogens is 310 g/mol. The molecule has 0 aromatic heterocycles. The molecule has 7 nitrogen and oxygen atoms in total. The van der Waals surface area contributed by atoms with Gasteiger partial charge in [0.25, 0.3) is 0 Å². The van der Waals surface area contributed by atoms with Crippen molar-refractivity contribution in [1.29, 1.82) is 0 Å². The van der Waals surface area contributed by atoms with Crippen molar-refractivity contribution in [3.8, 4) is 0 Å². The molecule has 0 radical (unpaired) electrons. The number of urea groups is 1. The number of nitrogens with one attached hydrogen (secondary N) is 2. The first-order valence-electron chi connectivity index (χ1n) is 8.87. The van der Waals surface area contributed by atoms with E-state index in [1.807, 2.05) is 0 Å². The number of nitrogens with zero attached hydrogens (tertiary/aromatic N) is 1. The summed E-state index contributed by atoms with van der Waals surface area (Å²) in [4.78, 5) is 36.8. The first-order chi connectivity index (χ1) is 11.4. The molecule has 7 heteroatoms. The Morgan fingerprint density at radius 2 is 1.50 bits per heavy atom. The van der Waals surface area contributed by atoms with Crippen LogP contribution < -0.4 is 10.6 Å². The van der Waals surface area contributed by atoms with Crippen LogP contribution >= 0.6 is 0 Å². The van der Waals surface area contributed by atoms with E-state index in [9.17, 15) is 14.4 Å². The fourth-order valence-corrected chi connectivity index (χ4v) is 3.81. The first kappa shape index (κ1) is 18.5. The molecule has 0 bridgehead atoms. The second kappa shape index (κ2) is 8.35. The predicted octanol–water partition coefficient (Wildman–Crippen LogP) is 1.58. The lowest BCUT2D eigenvalue weighted by molar-refractivity contribution is -0.142. The van der Waals surface area contributed by atoms with Crippen molar-refractivity contribution in [2.24, 2.45) is 11.8 Å². The van der Waals surface area contributed by atoms with Gasteiger partial charge in [-0.05, 0) is 44.9 Å². The van der Waals surface area contributed by atoms with E-state index in [1.165, 1.54) is 0 Å². The van der Waals surface area contributed by atoms with Gasteiger partial charge in [-0.1, -0.05) is 6.42 Å². The van der Waals surface area contributed by atoms with Crippen molar-refractivity contribution in [1.82, 2.24) is 15.5 Å². The second-order valence-electron chi connectivity index (χ2n) is 7.30. The molecule has 2 fully saturated rings. The van der Waals surface area contributed by atoms with Crippen molar-refractivity contribution >= 4 is 17.9 Å². The van der Waals surface area contributed by atoms with E-state index in [0.717, 1.165) is 19.3 Å². The normalized spacial score (nSPS) is 30.2. The molecule has 2 aliphatic carbocycles. The topological polar surface area (TPSA) is 98.7 Å². The van der Waals surface area contributed by atoms with Crippen LogP contribution in [0.5, 0.6) is 0 Å². The number of carbonyl (C=O) groups excluding carboxylic acids is 2. The van der Waals surface area contributed by atoms with Crippen molar-refractivity contribution in [3.05, 3.63) is 0 Å². The van der Waals surface area contributed by atoms with Crippen molar-refractivity contribution in [3.63, 3.8) is 0 Å². The lowest BCUT2D eigenvalue weighted by atomic mass is 9.85. The highest BCUT2D eigenvalue weighted by Gasteiger charge is 2.30. The minimum Gasteiger partial charge on any atom is -0.481 e. The summed E-state index contributed by atoms with van der Waals surface area (Å²) < 4.78 is 0. The molecule has 3 N–H and O–H groups in total.